The van der Waals surface area contributed by atoms with Crippen molar-refractivity contribution in [2.24, 2.45) is 10.9 Å². The van der Waals surface area contributed by atoms with Gasteiger partial charge in [0.25, 0.3) is 0 Å². The average Bonchev–Trinajstić information content (AvgIpc) is 3.24. The molecule has 1 aromatic rings. The van der Waals surface area contributed by atoms with Crippen molar-refractivity contribution in [1.29, 1.82) is 0 Å². The van der Waals surface area contributed by atoms with Gasteiger partial charge in [0.05, 0.1) is 19.8 Å². The molecule has 0 amide bonds. The van der Waals surface area contributed by atoms with Crippen molar-refractivity contribution >= 4 is 29.9 Å². The minimum absolute atomic E-state index is 0. The fraction of sp³-hybridized carbons (Fsp3) is 0.696. The molecule has 0 aromatic heterocycles. The molecule has 1 aliphatic heterocycles. The molecule has 0 radical (unpaired) electrons. The number of nitrogens with zero attached hydrogens (tertiary/aromatic N) is 2. The van der Waals surface area contributed by atoms with Crippen LogP contribution in [0.3, 0.4) is 0 Å². The Morgan fingerprint density at radius 3 is 2.73 bits per heavy atom. The Balaban J connectivity index is 0.00000450. The number of guanidine groups is 1. The molecule has 1 aliphatic rings. The van der Waals surface area contributed by atoms with Crippen LogP contribution in [0.5, 0.6) is 5.75 Å². The van der Waals surface area contributed by atoms with Gasteiger partial charge < -0.3 is 25.0 Å². The average molecular weight is 533 g/mol. The number of nitrogens with one attached hydrogen (secondary N) is 2. The predicted octanol–water partition coefficient (Wildman–Crippen LogP) is 3.82. The second-order valence-electron chi connectivity index (χ2n) is 7.71. The van der Waals surface area contributed by atoms with E-state index < -0.39 is 0 Å². The maximum atomic E-state index is 6.15. The first-order valence-electron chi connectivity index (χ1n) is 11.2. The highest BCUT2D eigenvalue weighted by Gasteiger charge is 2.17. The molecule has 6 nitrogen and oxygen atoms in total. The molecule has 1 fully saturated rings. The van der Waals surface area contributed by atoms with Gasteiger partial charge in [-0.25, -0.2) is 4.99 Å². The number of benzene rings is 1. The third-order valence-corrected chi connectivity index (χ3v) is 5.18. The first kappa shape index (κ1) is 27.0. The summed E-state index contributed by atoms with van der Waals surface area (Å²) in [4.78, 5) is 7.25. The molecule has 2 N–H and O–H groups in total. The van der Waals surface area contributed by atoms with Gasteiger partial charge in [-0.15, -0.1) is 24.0 Å². The van der Waals surface area contributed by atoms with Crippen LogP contribution in [0.15, 0.2) is 23.2 Å². The zero-order chi connectivity index (χ0) is 20.9. The van der Waals surface area contributed by atoms with E-state index in [0.29, 0.717) is 19.1 Å². The fourth-order valence-electron chi connectivity index (χ4n) is 3.43. The Morgan fingerprint density at radius 1 is 1.23 bits per heavy atom. The van der Waals surface area contributed by atoms with Gasteiger partial charge in [-0.3, -0.25) is 0 Å². The Hall–Kier alpha value is -1.06. The lowest BCUT2D eigenvalue weighted by Gasteiger charge is -2.20. The van der Waals surface area contributed by atoms with Crippen LogP contribution in [0, 0.1) is 12.8 Å². The monoisotopic (exact) mass is 532 g/mol. The van der Waals surface area contributed by atoms with E-state index in [1.807, 2.05) is 0 Å². The smallest absolute Gasteiger partial charge is 0.191 e. The number of aryl methyl sites for hydroxylation is 1. The summed E-state index contributed by atoms with van der Waals surface area (Å²) in [5.41, 5.74) is 2.32. The van der Waals surface area contributed by atoms with Crippen molar-refractivity contribution in [3.05, 3.63) is 29.3 Å². The molecule has 1 saturated heterocycles. The molecule has 1 aromatic carbocycles. The number of ether oxygens (including phenoxy) is 2. The van der Waals surface area contributed by atoms with E-state index in [-0.39, 0.29) is 24.0 Å². The Labute approximate surface area is 200 Å². The standard InChI is InChI=1S/C23H40N4O2.HI/c1-5-12-27(7-3)13-11-25-23(24-6-2)26-16-21-9-8-19(4)15-22(21)29-18-20-10-14-28-17-20;/h8-9,15,20H,5-7,10-14,16-18H2,1-4H3,(H2,24,25,26);1H. The maximum absolute atomic E-state index is 6.15. The van der Waals surface area contributed by atoms with Crippen LogP contribution >= 0.6 is 24.0 Å². The molecule has 1 atom stereocenters. The maximum Gasteiger partial charge on any atom is 0.191 e. The van der Waals surface area contributed by atoms with Crippen LogP contribution in [0.4, 0.5) is 0 Å². The lowest BCUT2D eigenvalue weighted by molar-refractivity contribution is 0.166. The van der Waals surface area contributed by atoms with E-state index in [9.17, 15) is 0 Å². The summed E-state index contributed by atoms with van der Waals surface area (Å²) in [6.45, 7) is 16.6. The van der Waals surface area contributed by atoms with Crippen LogP contribution in [0.2, 0.25) is 0 Å². The third kappa shape index (κ3) is 9.83. The number of rotatable bonds is 12. The van der Waals surface area contributed by atoms with Crippen LogP contribution in [-0.2, 0) is 11.3 Å². The van der Waals surface area contributed by atoms with Gasteiger partial charge in [-0.05, 0) is 51.4 Å². The van der Waals surface area contributed by atoms with Crippen molar-refractivity contribution in [2.45, 2.75) is 47.1 Å². The van der Waals surface area contributed by atoms with Crippen molar-refractivity contribution < 1.29 is 9.47 Å². The quantitative estimate of drug-likeness (QED) is 0.244. The van der Waals surface area contributed by atoms with Crippen molar-refractivity contribution in [1.82, 2.24) is 15.5 Å². The topological polar surface area (TPSA) is 58.1 Å². The van der Waals surface area contributed by atoms with E-state index in [1.54, 1.807) is 0 Å². The number of likely N-dealkylation sites (N-methyl/N-ethyl adjacent to an activating group) is 1. The summed E-state index contributed by atoms with van der Waals surface area (Å²) in [6, 6.07) is 6.37. The molecule has 30 heavy (non-hydrogen) atoms. The summed E-state index contributed by atoms with van der Waals surface area (Å²) in [5, 5.41) is 6.81. The minimum Gasteiger partial charge on any atom is -0.493 e. The van der Waals surface area contributed by atoms with E-state index in [1.165, 1.54) is 12.0 Å². The number of hydrogen-bond donors (Lipinski definition) is 2. The second-order valence-corrected chi connectivity index (χ2v) is 7.71. The molecule has 7 heteroatoms. The van der Waals surface area contributed by atoms with Gasteiger partial charge >= 0.3 is 0 Å². The van der Waals surface area contributed by atoms with Crippen molar-refractivity contribution in [3.8, 4) is 5.75 Å². The van der Waals surface area contributed by atoms with Crippen LogP contribution in [0.1, 0.15) is 44.7 Å². The Kier molecular flexibility index (Phi) is 14.1. The largest absolute Gasteiger partial charge is 0.493 e. The number of aliphatic imine (C=N–C) groups is 1. The molecule has 1 unspecified atom stereocenters. The van der Waals surface area contributed by atoms with Gasteiger partial charge in [0.1, 0.15) is 5.75 Å². The molecule has 1 heterocycles. The second kappa shape index (κ2) is 15.7. The predicted molar refractivity (Wildman–Crippen MR) is 136 cm³/mol. The summed E-state index contributed by atoms with van der Waals surface area (Å²) < 4.78 is 11.6. The highest BCUT2D eigenvalue weighted by atomic mass is 127. The van der Waals surface area contributed by atoms with Gasteiger partial charge in [0, 0.05) is 37.7 Å². The highest BCUT2D eigenvalue weighted by Crippen LogP contribution is 2.23. The summed E-state index contributed by atoms with van der Waals surface area (Å²) >= 11 is 0. The molecule has 0 saturated carbocycles. The van der Waals surface area contributed by atoms with E-state index in [0.717, 1.165) is 69.6 Å². The molecule has 0 spiro atoms. The first-order valence-corrected chi connectivity index (χ1v) is 11.2. The minimum atomic E-state index is 0. The zero-order valence-electron chi connectivity index (χ0n) is 19.2. The molecular formula is C23H41IN4O2. The highest BCUT2D eigenvalue weighted by molar-refractivity contribution is 14.0. The number of halogens is 1. The molecule has 0 aliphatic carbocycles. The van der Waals surface area contributed by atoms with Crippen molar-refractivity contribution in [3.63, 3.8) is 0 Å². The lowest BCUT2D eigenvalue weighted by atomic mass is 10.1. The first-order chi connectivity index (χ1) is 14.2. The van der Waals surface area contributed by atoms with Crippen LogP contribution in [-0.4, -0.2) is 63.4 Å². The van der Waals surface area contributed by atoms with E-state index in [2.05, 4.69) is 61.4 Å². The summed E-state index contributed by atoms with van der Waals surface area (Å²) in [7, 11) is 0. The SMILES string of the molecule is CCCN(CC)CCNC(=NCc1ccc(C)cc1OCC1CCOC1)NCC.I. The zero-order valence-corrected chi connectivity index (χ0v) is 21.5. The van der Waals surface area contributed by atoms with Gasteiger partial charge in [0.15, 0.2) is 5.96 Å². The molecule has 172 valence electrons. The lowest BCUT2D eigenvalue weighted by Crippen LogP contribution is -2.41. The van der Waals surface area contributed by atoms with Gasteiger partial charge in [0.2, 0.25) is 0 Å². The van der Waals surface area contributed by atoms with E-state index in [4.69, 9.17) is 14.5 Å². The van der Waals surface area contributed by atoms with Crippen LogP contribution < -0.4 is 15.4 Å². The Morgan fingerprint density at radius 2 is 2.07 bits per heavy atom. The number of hydrogen-bond acceptors (Lipinski definition) is 4. The molecule has 2 rings (SSSR count). The van der Waals surface area contributed by atoms with Crippen LogP contribution in [0.25, 0.3) is 0 Å². The third-order valence-electron chi connectivity index (χ3n) is 5.18. The summed E-state index contributed by atoms with van der Waals surface area (Å²) in [6.07, 6.45) is 2.27. The molecule has 0 bridgehead atoms. The molecular weight excluding hydrogens is 491 g/mol. The van der Waals surface area contributed by atoms with Gasteiger partial charge in [-0.2, -0.15) is 0 Å². The van der Waals surface area contributed by atoms with Crippen molar-refractivity contribution in [2.75, 3.05) is 52.5 Å². The Bertz CT molecular complexity index is 621. The van der Waals surface area contributed by atoms with Gasteiger partial charge in [-0.1, -0.05) is 26.0 Å². The fourth-order valence-corrected chi connectivity index (χ4v) is 3.43. The van der Waals surface area contributed by atoms with E-state index >= 15 is 0 Å². The summed E-state index contributed by atoms with van der Waals surface area (Å²) in [5.74, 6) is 2.29. The normalized spacial score (nSPS) is 16.4.